The molecule has 0 aromatic carbocycles. The van der Waals surface area contributed by atoms with Crippen LogP contribution in [0, 0.1) is 0 Å². The van der Waals surface area contributed by atoms with E-state index in [1.165, 1.54) is 0 Å². The van der Waals surface area contributed by atoms with Gasteiger partial charge in [0.05, 0.1) is 72.7 Å². The van der Waals surface area contributed by atoms with Gasteiger partial charge in [0.25, 0.3) is 0 Å². The zero-order chi connectivity index (χ0) is 62.6. The molecule has 0 aliphatic rings. The Kier molecular flexibility index (Phi) is 53.6. The first kappa shape index (κ1) is 78.6. The summed E-state index contributed by atoms with van der Waals surface area (Å²) in [7, 11) is 0. The number of carbonyl (C=O) groups excluding carboxylic acids is 11. The summed E-state index contributed by atoms with van der Waals surface area (Å²) < 4.78 is 56.8. The van der Waals surface area contributed by atoms with Crippen LogP contribution in [0.5, 0.6) is 0 Å². The average Bonchev–Trinajstić information content (AvgIpc) is 3.47. The normalized spacial score (nSPS) is 10.7. The molecule has 2 N–H and O–H groups in total. The van der Waals surface area contributed by atoms with Gasteiger partial charge in [0.15, 0.2) is 0 Å². The molecular weight excluding hydrogens is 1120 g/mol. The Hall–Kier alpha value is -6.40. The smallest absolute Gasteiger partial charge is 0.305 e. The zero-order valence-electron chi connectivity index (χ0n) is 50.2. The first-order valence-electron chi connectivity index (χ1n) is 30.7. The summed E-state index contributed by atoms with van der Waals surface area (Å²) in [5.74, 6) is -5.05. The van der Waals surface area contributed by atoms with E-state index in [9.17, 15) is 57.5 Å². The van der Waals surface area contributed by atoms with E-state index in [0.717, 1.165) is 0 Å². The van der Waals surface area contributed by atoms with Gasteiger partial charge in [0, 0.05) is 83.7 Å². The summed E-state index contributed by atoms with van der Waals surface area (Å²) in [6.07, 6.45) is 13.7. The van der Waals surface area contributed by atoms with Crippen molar-refractivity contribution in [1.82, 2.24) is 0 Å². The lowest BCUT2D eigenvalue weighted by Crippen LogP contribution is -2.10. The molecule has 0 heterocycles. The molecular formula is C60H98O25. The zero-order valence-corrected chi connectivity index (χ0v) is 50.2. The number of rotatable bonds is 59. The fourth-order valence-electron chi connectivity index (χ4n) is 7.31. The molecule has 0 aliphatic heterocycles. The van der Waals surface area contributed by atoms with Gasteiger partial charge in [0.2, 0.25) is 0 Å². The Morgan fingerprint density at radius 3 is 0.412 bits per heavy atom. The fraction of sp³-hybridized carbons (Fsp3) is 0.800. The lowest BCUT2D eigenvalue weighted by Gasteiger charge is -2.08. The fourth-order valence-corrected chi connectivity index (χ4v) is 7.31. The van der Waals surface area contributed by atoms with Crippen LogP contribution >= 0.6 is 0 Å². The number of aliphatic hydroxyl groups is 1. The molecule has 0 rings (SSSR count). The predicted octanol–water partition coefficient (Wildman–Crippen LogP) is 8.08. The number of carbonyl (C=O) groups is 12. The van der Waals surface area contributed by atoms with Crippen molar-refractivity contribution in [2.24, 2.45) is 0 Å². The third kappa shape index (κ3) is 59.1. The molecule has 25 nitrogen and oxygen atoms in total. The third-order valence-electron chi connectivity index (χ3n) is 12.2. The van der Waals surface area contributed by atoms with Crippen molar-refractivity contribution < 1.29 is 120 Å². The standard InChI is InChI=1S/C60H98O25/c61-37-13-14-38-75-51(65)27-3-4-28-52(66)78-41-17-18-42-79-55(69)31-7-8-32-56(70)82-45-21-22-46-83-59(73)35-11-12-36-60(74)85-48-24-23-47-84-58(72)34-10-9-33-57(71)81-44-20-19-43-80-54(68)30-6-5-29-53(67)77-40-16-15-39-76-50(64)26-2-1-25-49(62)63/h61H,1-48H2,(H,62,63). The van der Waals surface area contributed by atoms with E-state index in [1.807, 2.05) is 0 Å². The molecule has 25 heteroatoms. The summed E-state index contributed by atoms with van der Waals surface area (Å²) in [6.45, 7) is 2.17. The molecule has 0 unspecified atom stereocenters. The minimum absolute atomic E-state index is 0.0161. The predicted molar refractivity (Wildman–Crippen MR) is 301 cm³/mol. The van der Waals surface area contributed by atoms with E-state index in [4.69, 9.17) is 62.3 Å². The number of unbranched alkanes of at least 4 members (excludes halogenated alkanes) is 12. The number of aliphatic hydroxyl groups excluding tert-OH is 1. The average molecular weight is 1220 g/mol. The second kappa shape index (κ2) is 58.0. The highest BCUT2D eigenvalue weighted by molar-refractivity contribution is 5.73. The van der Waals surface area contributed by atoms with Crippen LogP contribution in [0.4, 0.5) is 0 Å². The minimum Gasteiger partial charge on any atom is -0.481 e. The van der Waals surface area contributed by atoms with Gasteiger partial charge in [-0.2, -0.15) is 0 Å². The van der Waals surface area contributed by atoms with Gasteiger partial charge >= 0.3 is 71.6 Å². The molecule has 0 saturated carbocycles. The van der Waals surface area contributed by atoms with Gasteiger partial charge < -0.3 is 62.3 Å². The van der Waals surface area contributed by atoms with Gasteiger partial charge in [-0.25, -0.2) is 0 Å². The van der Waals surface area contributed by atoms with Crippen LogP contribution in [0.2, 0.25) is 0 Å². The maximum atomic E-state index is 12.1. The largest absolute Gasteiger partial charge is 0.481 e. The summed E-state index contributed by atoms with van der Waals surface area (Å²) in [4.78, 5) is 142. The number of hydrogen-bond acceptors (Lipinski definition) is 24. The van der Waals surface area contributed by atoms with E-state index in [0.29, 0.717) is 154 Å². The van der Waals surface area contributed by atoms with Crippen molar-refractivity contribution in [2.75, 3.05) is 79.3 Å². The summed E-state index contributed by atoms with van der Waals surface area (Å²) >= 11 is 0. The van der Waals surface area contributed by atoms with Crippen LogP contribution in [0.25, 0.3) is 0 Å². The number of carboxylic acid groups (broad SMARTS) is 1. The molecule has 0 saturated heterocycles. The minimum atomic E-state index is -0.901. The topological polar surface area (TPSA) is 347 Å². The molecule has 0 aliphatic carbocycles. The molecule has 0 spiro atoms. The Labute approximate surface area is 500 Å². The van der Waals surface area contributed by atoms with E-state index >= 15 is 0 Å². The number of esters is 11. The van der Waals surface area contributed by atoms with Crippen LogP contribution < -0.4 is 0 Å². The van der Waals surface area contributed by atoms with E-state index in [2.05, 4.69) is 0 Å². The Bertz CT molecular complexity index is 1870. The Morgan fingerprint density at radius 2 is 0.294 bits per heavy atom. The van der Waals surface area contributed by atoms with Crippen LogP contribution in [-0.4, -0.2) is 161 Å². The van der Waals surface area contributed by atoms with Crippen LogP contribution in [0.15, 0.2) is 0 Å². The molecule has 0 fully saturated rings. The molecule has 0 aromatic rings. The van der Waals surface area contributed by atoms with Crippen LogP contribution in [0.1, 0.15) is 231 Å². The highest BCUT2D eigenvalue weighted by Gasteiger charge is 2.13. The summed E-state index contributed by atoms with van der Waals surface area (Å²) in [5.41, 5.74) is 0. The molecule has 0 bridgehead atoms. The van der Waals surface area contributed by atoms with Crippen molar-refractivity contribution in [3.8, 4) is 0 Å². The number of carboxylic acids is 1. The quantitative estimate of drug-likeness (QED) is 0.0330. The van der Waals surface area contributed by atoms with Gasteiger partial charge in [-0.3, -0.25) is 57.5 Å². The monoisotopic (exact) mass is 1220 g/mol. The van der Waals surface area contributed by atoms with Crippen molar-refractivity contribution in [3.63, 3.8) is 0 Å². The maximum absolute atomic E-state index is 12.1. The Balaban J connectivity index is 3.58. The van der Waals surface area contributed by atoms with E-state index in [-0.39, 0.29) is 210 Å². The molecule has 85 heavy (non-hydrogen) atoms. The maximum Gasteiger partial charge on any atom is 0.305 e. The van der Waals surface area contributed by atoms with Gasteiger partial charge in [-0.1, -0.05) is 0 Å². The first-order chi connectivity index (χ1) is 41.1. The van der Waals surface area contributed by atoms with Crippen molar-refractivity contribution in [3.05, 3.63) is 0 Å². The molecule has 0 amide bonds. The molecule has 0 aromatic heterocycles. The summed E-state index contributed by atoms with van der Waals surface area (Å²) in [6, 6.07) is 0. The van der Waals surface area contributed by atoms with Crippen LogP contribution in [0.3, 0.4) is 0 Å². The van der Waals surface area contributed by atoms with E-state index < -0.39 is 17.9 Å². The third-order valence-corrected chi connectivity index (χ3v) is 12.2. The lowest BCUT2D eigenvalue weighted by atomic mass is 10.2. The number of hydrogen-bond donors (Lipinski definition) is 2. The van der Waals surface area contributed by atoms with Gasteiger partial charge in [-0.05, 0) is 154 Å². The second-order valence-electron chi connectivity index (χ2n) is 20.0. The number of ether oxygens (including phenoxy) is 11. The molecule has 0 radical (unpaired) electrons. The highest BCUT2D eigenvalue weighted by atomic mass is 16.6. The van der Waals surface area contributed by atoms with Gasteiger partial charge in [-0.15, -0.1) is 0 Å². The SMILES string of the molecule is O=C(O)CCCCC(=O)OCCCCOC(=O)CCCCC(=O)OCCCCOC(=O)CCCCC(=O)OCCCCOC(=O)CCCCC(=O)OCCCCOC(=O)CCCCC(=O)OCCCCOC(=O)CCCCC(=O)OCCCCO. The Morgan fingerprint density at radius 1 is 0.176 bits per heavy atom. The van der Waals surface area contributed by atoms with Crippen molar-refractivity contribution in [1.29, 1.82) is 0 Å². The lowest BCUT2D eigenvalue weighted by molar-refractivity contribution is -0.147. The highest BCUT2D eigenvalue weighted by Crippen LogP contribution is 2.11. The second-order valence-corrected chi connectivity index (χ2v) is 20.0. The van der Waals surface area contributed by atoms with Crippen molar-refractivity contribution in [2.45, 2.75) is 231 Å². The number of aliphatic carboxylic acids is 1. The van der Waals surface area contributed by atoms with E-state index in [1.54, 1.807) is 0 Å². The molecule has 0 atom stereocenters. The molecule has 488 valence electrons. The first-order valence-corrected chi connectivity index (χ1v) is 30.7. The van der Waals surface area contributed by atoms with Crippen LogP contribution in [-0.2, 0) is 110 Å². The van der Waals surface area contributed by atoms with Crippen molar-refractivity contribution >= 4 is 71.6 Å². The summed E-state index contributed by atoms with van der Waals surface area (Å²) in [5, 5.41) is 17.3. The van der Waals surface area contributed by atoms with Gasteiger partial charge in [0.1, 0.15) is 0 Å².